The molecule has 1 saturated carbocycles. The van der Waals surface area contributed by atoms with Crippen LogP contribution < -0.4 is 10.5 Å². The molecule has 0 saturated heterocycles. The fourth-order valence-electron chi connectivity index (χ4n) is 1.85. The standard InChI is InChI=1S/C11H16N2O3S2/c1-6-3-8(6)5-13-11(14)9-4-10(7(2)17-9)18(12,15)16/h4,6,8H,3,5H2,1-2H3,(H,13,14)(H2,12,15,16). The lowest BCUT2D eigenvalue weighted by Crippen LogP contribution is -2.25. The van der Waals surface area contributed by atoms with E-state index in [1.165, 1.54) is 6.07 Å². The van der Waals surface area contributed by atoms with Crippen molar-refractivity contribution >= 4 is 27.3 Å². The third kappa shape index (κ3) is 2.90. The van der Waals surface area contributed by atoms with E-state index in [4.69, 9.17) is 5.14 Å². The van der Waals surface area contributed by atoms with Crippen LogP contribution in [0.2, 0.25) is 0 Å². The summed E-state index contributed by atoms with van der Waals surface area (Å²) in [5, 5.41) is 7.89. The van der Waals surface area contributed by atoms with E-state index in [0.717, 1.165) is 17.8 Å². The van der Waals surface area contributed by atoms with Gasteiger partial charge in [-0.1, -0.05) is 6.92 Å². The molecule has 1 fully saturated rings. The molecule has 0 bridgehead atoms. The van der Waals surface area contributed by atoms with E-state index in [-0.39, 0.29) is 10.8 Å². The minimum atomic E-state index is -3.74. The van der Waals surface area contributed by atoms with Crippen molar-refractivity contribution in [3.8, 4) is 0 Å². The third-order valence-electron chi connectivity index (χ3n) is 3.20. The van der Waals surface area contributed by atoms with E-state index in [1.54, 1.807) is 6.92 Å². The first kappa shape index (κ1) is 13.5. The molecule has 18 heavy (non-hydrogen) atoms. The molecule has 2 rings (SSSR count). The van der Waals surface area contributed by atoms with Crippen LogP contribution in [-0.2, 0) is 10.0 Å². The average Bonchev–Trinajstić information content (AvgIpc) is 2.78. The first-order valence-electron chi connectivity index (χ1n) is 5.70. The van der Waals surface area contributed by atoms with Crippen molar-refractivity contribution in [2.24, 2.45) is 17.0 Å². The second-order valence-corrected chi connectivity index (χ2v) is 7.55. The molecule has 0 radical (unpaired) electrons. The van der Waals surface area contributed by atoms with Crippen molar-refractivity contribution in [1.82, 2.24) is 5.32 Å². The van der Waals surface area contributed by atoms with E-state index >= 15 is 0 Å². The quantitative estimate of drug-likeness (QED) is 0.869. The Balaban J connectivity index is 2.07. The van der Waals surface area contributed by atoms with Crippen LogP contribution in [0.4, 0.5) is 0 Å². The Kier molecular flexibility index (Phi) is 3.48. The molecule has 1 aliphatic rings. The van der Waals surface area contributed by atoms with Crippen LogP contribution in [0.5, 0.6) is 0 Å². The smallest absolute Gasteiger partial charge is 0.261 e. The Morgan fingerprint density at radius 2 is 2.22 bits per heavy atom. The number of primary sulfonamides is 1. The van der Waals surface area contributed by atoms with Gasteiger partial charge in [0.05, 0.1) is 9.77 Å². The number of thiophene rings is 1. The van der Waals surface area contributed by atoms with Crippen LogP contribution in [0.15, 0.2) is 11.0 Å². The van der Waals surface area contributed by atoms with Gasteiger partial charge in [-0.2, -0.15) is 0 Å². The molecule has 0 aliphatic heterocycles. The van der Waals surface area contributed by atoms with Crippen molar-refractivity contribution in [3.05, 3.63) is 15.8 Å². The molecule has 7 heteroatoms. The van der Waals surface area contributed by atoms with Crippen molar-refractivity contribution < 1.29 is 13.2 Å². The van der Waals surface area contributed by atoms with Crippen LogP contribution in [0.3, 0.4) is 0 Å². The zero-order valence-electron chi connectivity index (χ0n) is 10.3. The molecule has 1 aromatic rings. The minimum Gasteiger partial charge on any atom is -0.351 e. The summed E-state index contributed by atoms with van der Waals surface area (Å²) < 4.78 is 22.5. The van der Waals surface area contributed by atoms with Crippen LogP contribution >= 0.6 is 11.3 Å². The van der Waals surface area contributed by atoms with Gasteiger partial charge in [-0.05, 0) is 31.2 Å². The normalized spacial score (nSPS) is 22.8. The maximum absolute atomic E-state index is 11.8. The molecule has 100 valence electrons. The van der Waals surface area contributed by atoms with E-state index in [9.17, 15) is 13.2 Å². The second-order valence-electron chi connectivity index (χ2n) is 4.76. The Labute approximate surface area is 110 Å². The second kappa shape index (κ2) is 4.64. The number of sulfonamides is 1. The first-order chi connectivity index (χ1) is 8.29. The van der Waals surface area contributed by atoms with Gasteiger partial charge in [0, 0.05) is 11.4 Å². The molecule has 0 aromatic carbocycles. The molecule has 5 nitrogen and oxygen atoms in total. The highest BCUT2D eigenvalue weighted by Gasteiger charge is 2.32. The molecule has 1 aromatic heterocycles. The van der Waals surface area contributed by atoms with E-state index < -0.39 is 10.0 Å². The van der Waals surface area contributed by atoms with Crippen LogP contribution in [0.25, 0.3) is 0 Å². The van der Waals surface area contributed by atoms with Crippen LogP contribution in [0.1, 0.15) is 27.9 Å². The fraction of sp³-hybridized carbons (Fsp3) is 0.545. The summed E-state index contributed by atoms with van der Waals surface area (Å²) in [6.07, 6.45) is 1.15. The fourth-order valence-corrected chi connectivity index (χ4v) is 3.92. The van der Waals surface area contributed by atoms with Crippen molar-refractivity contribution in [3.63, 3.8) is 0 Å². The lowest BCUT2D eigenvalue weighted by molar-refractivity contribution is 0.0955. The summed E-state index contributed by atoms with van der Waals surface area (Å²) in [6.45, 7) is 4.44. The summed E-state index contributed by atoms with van der Waals surface area (Å²) in [5.41, 5.74) is 0. The molecule has 2 unspecified atom stereocenters. The molecular formula is C11H16N2O3S2. The summed E-state index contributed by atoms with van der Waals surface area (Å²) in [7, 11) is -3.74. The number of rotatable bonds is 4. The topological polar surface area (TPSA) is 89.3 Å². The Hall–Kier alpha value is -0.920. The SMILES string of the molecule is Cc1sc(C(=O)NCC2CC2C)cc1S(N)(=O)=O. The van der Waals surface area contributed by atoms with Crippen molar-refractivity contribution in [1.29, 1.82) is 0 Å². The minimum absolute atomic E-state index is 0.0393. The number of nitrogens with one attached hydrogen (secondary N) is 1. The third-order valence-corrected chi connectivity index (χ3v) is 5.42. The maximum atomic E-state index is 11.8. The van der Waals surface area contributed by atoms with Gasteiger partial charge in [0.1, 0.15) is 0 Å². The molecule has 3 N–H and O–H groups in total. The molecule has 1 heterocycles. The molecule has 2 atom stereocenters. The van der Waals surface area contributed by atoms with Gasteiger partial charge in [-0.3, -0.25) is 4.79 Å². The highest BCUT2D eigenvalue weighted by Crippen LogP contribution is 2.36. The predicted octanol–water partition coefficient (Wildman–Crippen LogP) is 1.09. The monoisotopic (exact) mass is 288 g/mol. The van der Waals surface area contributed by atoms with Gasteiger partial charge in [-0.25, -0.2) is 13.6 Å². The summed E-state index contributed by atoms with van der Waals surface area (Å²) >= 11 is 1.15. The Morgan fingerprint density at radius 1 is 1.61 bits per heavy atom. The van der Waals surface area contributed by atoms with Crippen LogP contribution in [-0.4, -0.2) is 20.9 Å². The highest BCUT2D eigenvalue weighted by atomic mass is 32.2. The number of aryl methyl sites for hydroxylation is 1. The van der Waals surface area contributed by atoms with Crippen molar-refractivity contribution in [2.45, 2.75) is 25.2 Å². The van der Waals surface area contributed by atoms with E-state index in [0.29, 0.717) is 28.1 Å². The Morgan fingerprint density at radius 3 is 2.67 bits per heavy atom. The largest absolute Gasteiger partial charge is 0.351 e. The maximum Gasteiger partial charge on any atom is 0.261 e. The Bertz CT molecular complexity index is 577. The van der Waals surface area contributed by atoms with Gasteiger partial charge >= 0.3 is 0 Å². The van der Waals surface area contributed by atoms with Crippen LogP contribution in [0, 0.1) is 18.8 Å². The number of carbonyl (C=O) groups is 1. The van der Waals surface area contributed by atoms with Gasteiger partial charge < -0.3 is 5.32 Å². The highest BCUT2D eigenvalue weighted by molar-refractivity contribution is 7.89. The number of nitrogens with two attached hydrogens (primary N) is 1. The summed E-state index contributed by atoms with van der Waals surface area (Å²) in [4.78, 5) is 12.8. The van der Waals surface area contributed by atoms with E-state index in [2.05, 4.69) is 12.2 Å². The average molecular weight is 288 g/mol. The van der Waals surface area contributed by atoms with Gasteiger partial charge in [0.15, 0.2) is 0 Å². The lowest BCUT2D eigenvalue weighted by Gasteiger charge is -2.01. The predicted molar refractivity (Wildman–Crippen MR) is 70.0 cm³/mol. The number of hydrogen-bond acceptors (Lipinski definition) is 4. The number of amides is 1. The molecular weight excluding hydrogens is 272 g/mol. The van der Waals surface area contributed by atoms with Crippen molar-refractivity contribution in [2.75, 3.05) is 6.54 Å². The molecule has 0 spiro atoms. The lowest BCUT2D eigenvalue weighted by atomic mass is 10.3. The number of carbonyl (C=O) groups excluding carboxylic acids is 1. The zero-order chi connectivity index (χ0) is 13.5. The van der Waals surface area contributed by atoms with Gasteiger partial charge in [0.2, 0.25) is 10.0 Å². The van der Waals surface area contributed by atoms with E-state index in [1.807, 2.05) is 0 Å². The zero-order valence-corrected chi connectivity index (χ0v) is 11.9. The van der Waals surface area contributed by atoms with Gasteiger partial charge in [-0.15, -0.1) is 11.3 Å². The number of hydrogen-bond donors (Lipinski definition) is 2. The first-order valence-corrected chi connectivity index (χ1v) is 8.06. The summed E-state index contributed by atoms with van der Waals surface area (Å²) in [5.74, 6) is 1.01. The summed E-state index contributed by atoms with van der Waals surface area (Å²) in [6, 6.07) is 1.35. The molecule has 1 amide bonds. The molecule has 1 aliphatic carbocycles. The van der Waals surface area contributed by atoms with Gasteiger partial charge in [0.25, 0.3) is 5.91 Å².